The van der Waals surface area contributed by atoms with Gasteiger partial charge in [0.05, 0.1) is 37.6 Å². The zero-order valence-electron chi connectivity index (χ0n) is 17.1. The Bertz CT molecular complexity index is 880. The van der Waals surface area contributed by atoms with Crippen LogP contribution in [0.5, 0.6) is 11.5 Å². The van der Waals surface area contributed by atoms with Crippen molar-refractivity contribution in [1.82, 2.24) is 0 Å². The summed E-state index contributed by atoms with van der Waals surface area (Å²) in [6.07, 6.45) is 1.71. The molecule has 0 aromatic heterocycles. The highest BCUT2D eigenvalue weighted by Crippen LogP contribution is 2.36. The molecular formula is C22H25ClN2O5. The zero-order chi connectivity index (χ0) is 21.3. The van der Waals surface area contributed by atoms with Gasteiger partial charge in [0.2, 0.25) is 0 Å². The summed E-state index contributed by atoms with van der Waals surface area (Å²) in [6, 6.07) is 11.5. The van der Waals surface area contributed by atoms with E-state index in [0.717, 1.165) is 43.2 Å². The molecule has 0 N–H and O–H groups in total. The normalized spacial score (nSPS) is 14.0. The molecule has 1 heterocycles. The molecule has 0 radical (unpaired) electrons. The Morgan fingerprint density at radius 1 is 1.20 bits per heavy atom. The van der Waals surface area contributed by atoms with Crippen molar-refractivity contribution in [2.45, 2.75) is 6.92 Å². The number of hydrogen-bond acceptors (Lipinski definition) is 7. The first-order valence-corrected chi connectivity index (χ1v) is 10.1. The molecule has 0 amide bonds. The SMILES string of the molecule is CCOc1cc(C=Nc2ccc(N3CCOCC3)cc2)cc(Cl)c1OCC(=O)OC. The maximum atomic E-state index is 11.4. The molecule has 160 valence electrons. The lowest BCUT2D eigenvalue weighted by molar-refractivity contribution is -0.142. The summed E-state index contributed by atoms with van der Waals surface area (Å²) in [5, 5.41) is 0.328. The monoisotopic (exact) mass is 432 g/mol. The van der Waals surface area contributed by atoms with Crippen molar-refractivity contribution in [3.8, 4) is 11.5 Å². The minimum absolute atomic E-state index is 0.251. The third-order valence-corrected chi connectivity index (χ3v) is 4.76. The Kier molecular flexibility index (Phi) is 7.93. The van der Waals surface area contributed by atoms with Crippen LogP contribution in [0.3, 0.4) is 0 Å². The van der Waals surface area contributed by atoms with Crippen molar-refractivity contribution >= 4 is 35.2 Å². The van der Waals surface area contributed by atoms with Gasteiger partial charge < -0.3 is 23.8 Å². The molecule has 0 aliphatic carbocycles. The molecule has 1 aliphatic heterocycles. The van der Waals surface area contributed by atoms with Gasteiger partial charge >= 0.3 is 5.97 Å². The van der Waals surface area contributed by atoms with E-state index in [1.807, 2.05) is 19.1 Å². The zero-order valence-corrected chi connectivity index (χ0v) is 17.9. The van der Waals surface area contributed by atoms with Crippen LogP contribution in [-0.2, 0) is 14.3 Å². The first kappa shape index (κ1) is 21.9. The van der Waals surface area contributed by atoms with Gasteiger partial charge in [-0.25, -0.2) is 4.79 Å². The minimum atomic E-state index is -0.500. The van der Waals surface area contributed by atoms with E-state index in [-0.39, 0.29) is 6.61 Å². The van der Waals surface area contributed by atoms with Crippen molar-refractivity contribution in [3.05, 3.63) is 47.0 Å². The fourth-order valence-corrected chi connectivity index (χ4v) is 3.25. The number of aliphatic imine (C=N–C) groups is 1. The Morgan fingerprint density at radius 2 is 1.93 bits per heavy atom. The van der Waals surface area contributed by atoms with Crippen LogP contribution >= 0.6 is 11.6 Å². The lowest BCUT2D eigenvalue weighted by atomic mass is 10.2. The van der Waals surface area contributed by atoms with Gasteiger partial charge in [0, 0.05) is 25.0 Å². The van der Waals surface area contributed by atoms with E-state index in [4.69, 9.17) is 25.8 Å². The van der Waals surface area contributed by atoms with Gasteiger partial charge in [-0.1, -0.05) is 11.6 Å². The Balaban J connectivity index is 1.73. The molecule has 0 spiro atoms. The highest BCUT2D eigenvalue weighted by atomic mass is 35.5. The highest BCUT2D eigenvalue weighted by molar-refractivity contribution is 6.32. The average molecular weight is 433 g/mol. The predicted molar refractivity (Wildman–Crippen MR) is 117 cm³/mol. The van der Waals surface area contributed by atoms with Crippen LogP contribution < -0.4 is 14.4 Å². The standard InChI is InChI=1S/C22H25ClN2O5/c1-3-29-20-13-16(12-19(23)22(20)30-15-21(26)27-2)14-24-17-4-6-18(7-5-17)25-8-10-28-11-9-25/h4-7,12-14H,3,8-11,15H2,1-2H3. The topological polar surface area (TPSA) is 69.6 Å². The Labute approximate surface area is 181 Å². The summed E-state index contributed by atoms with van der Waals surface area (Å²) < 4.78 is 21.1. The number of carbonyl (C=O) groups is 1. The number of carbonyl (C=O) groups excluding carboxylic acids is 1. The number of esters is 1. The van der Waals surface area contributed by atoms with Crippen LogP contribution in [0.1, 0.15) is 12.5 Å². The van der Waals surface area contributed by atoms with E-state index >= 15 is 0 Å². The maximum Gasteiger partial charge on any atom is 0.343 e. The quantitative estimate of drug-likeness (QED) is 0.465. The Morgan fingerprint density at radius 3 is 2.60 bits per heavy atom. The maximum absolute atomic E-state index is 11.4. The fourth-order valence-electron chi connectivity index (χ4n) is 2.98. The summed E-state index contributed by atoms with van der Waals surface area (Å²) in [4.78, 5) is 18.2. The molecule has 7 nitrogen and oxygen atoms in total. The van der Waals surface area contributed by atoms with Gasteiger partial charge in [-0.05, 0) is 48.9 Å². The first-order valence-electron chi connectivity index (χ1n) is 9.73. The molecule has 0 bridgehead atoms. The van der Waals surface area contributed by atoms with Crippen LogP contribution in [0.15, 0.2) is 41.4 Å². The van der Waals surface area contributed by atoms with Gasteiger partial charge in [0.1, 0.15) is 0 Å². The molecule has 3 rings (SSSR count). The Hall–Kier alpha value is -2.77. The summed E-state index contributed by atoms with van der Waals surface area (Å²) >= 11 is 6.35. The van der Waals surface area contributed by atoms with Crippen molar-refractivity contribution in [2.75, 3.05) is 51.5 Å². The van der Waals surface area contributed by atoms with Crippen molar-refractivity contribution in [1.29, 1.82) is 0 Å². The third-order valence-electron chi connectivity index (χ3n) is 4.48. The van der Waals surface area contributed by atoms with Gasteiger partial charge in [-0.15, -0.1) is 0 Å². The number of methoxy groups -OCH3 is 1. The number of nitrogens with zero attached hydrogens (tertiary/aromatic N) is 2. The van der Waals surface area contributed by atoms with Crippen LogP contribution in [0.4, 0.5) is 11.4 Å². The number of ether oxygens (including phenoxy) is 4. The van der Waals surface area contributed by atoms with Crippen LogP contribution in [-0.4, -0.2) is 58.8 Å². The molecule has 0 unspecified atom stereocenters. The lowest BCUT2D eigenvalue weighted by Crippen LogP contribution is -2.36. The number of hydrogen-bond donors (Lipinski definition) is 0. The van der Waals surface area contributed by atoms with E-state index < -0.39 is 5.97 Å². The predicted octanol–water partition coefficient (Wildman–Crippen LogP) is 3.88. The summed E-state index contributed by atoms with van der Waals surface area (Å²) in [5.41, 5.74) is 2.74. The highest BCUT2D eigenvalue weighted by Gasteiger charge is 2.14. The van der Waals surface area contributed by atoms with Gasteiger partial charge in [-0.3, -0.25) is 4.99 Å². The second kappa shape index (κ2) is 10.8. The first-order chi connectivity index (χ1) is 14.6. The summed E-state index contributed by atoms with van der Waals surface area (Å²) in [7, 11) is 1.30. The van der Waals surface area contributed by atoms with E-state index in [9.17, 15) is 4.79 Å². The molecule has 1 saturated heterocycles. The molecule has 30 heavy (non-hydrogen) atoms. The van der Waals surface area contributed by atoms with Crippen molar-refractivity contribution in [2.24, 2.45) is 4.99 Å². The largest absolute Gasteiger partial charge is 0.490 e. The summed E-state index contributed by atoms with van der Waals surface area (Å²) in [5.74, 6) is 0.244. The average Bonchev–Trinajstić information content (AvgIpc) is 2.78. The second-order valence-electron chi connectivity index (χ2n) is 6.50. The molecule has 1 aliphatic rings. The molecule has 2 aromatic rings. The number of anilines is 1. The van der Waals surface area contributed by atoms with Gasteiger partial charge in [-0.2, -0.15) is 0 Å². The number of halogens is 1. The van der Waals surface area contributed by atoms with Crippen molar-refractivity contribution in [3.63, 3.8) is 0 Å². The van der Waals surface area contributed by atoms with E-state index in [2.05, 4.69) is 26.8 Å². The third kappa shape index (κ3) is 5.87. The van der Waals surface area contributed by atoms with E-state index in [1.54, 1.807) is 18.3 Å². The van der Waals surface area contributed by atoms with E-state index in [0.29, 0.717) is 23.1 Å². The van der Waals surface area contributed by atoms with Crippen LogP contribution in [0.25, 0.3) is 0 Å². The van der Waals surface area contributed by atoms with E-state index in [1.165, 1.54) is 7.11 Å². The lowest BCUT2D eigenvalue weighted by Gasteiger charge is -2.28. The fraction of sp³-hybridized carbons (Fsp3) is 0.364. The minimum Gasteiger partial charge on any atom is -0.490 e. The van der Waals surface area contributed by atoms with Gasteiger partial charge in [0.15, 0.2) is 18.1 Å². The number of benzene rings is 2. The second-order valence-corrected chi connectivity index (χ2v) is 6.91. The number of rotatable bonds is 8. The molecular weight excluding hydrogens is 408 g/mol. The molecule has 0 saturated carbocycles. The molecule has 0 atom stereocenters. The number of morpholine rings is 1. The smallest absolute Gasteiger partial charge is 0.343 e. The molecule has 8 heteroatoms. The van der Waals surface area contributed by atoms with Crippen LogP contribution in [0, 0.1) is 0 Å². The molecule has 2 aromatic carbocycles. The van der Waals surface area contributed by atoms with Crippen LogP contribution in [0.2, 0.25) is 5.02 Å². The molecule has 1 fully saturated rings. The van der Waals surface area contributed by atoms with Gasteiger partial charge in [0.25, 0.3) is 0 Å². The van der Waals surface area contributed by atoms with Crippen molar-refractivity contribution < 1.29 is 23.7 Å². The summed E-state index contributed by atoms with van der Waals surface area (Å²) in [6.45, 7) is 5.32.